The highest BCUT2D eigenvalue weighted by Crippen LogP contribution is 2.18. The van der Waals surface area contributed by atoms with E-state index in [-0.39, 0.29) is 0 Å². The minimum atomic E-state index is 0.615. The molecule has 1 aromatic rings. The molecule has 0 radical (unpaired) electrons. The van der Waals surface area contributed by atoms with Gasteiger partial charge >= 0.3 is 0 Å². The summed E-state index contributed by atoms with van der Waals surface area (Å²) in [5.41, 5.74) is 1.88. The molecule has 0 saturated carbocycles. The van der Waals surface area contributed by atoms with Crippen molar-refractivity contribution in [2.45, 2.75) is 12.7 Å². The molecule has 12 heavy (non-hydrogen) atoms. The minimum absolute atomic E-state index is 0.615. The second-order valence-corrected chi connectivity index (χ2v) is 5.05. The van der Waals surface area contributed by atoms with Crippen molar-refractivity contribution in [3.63, 3.8) is 0 Å². The summed E-state index contributed by atoms with van der Waals surface area (Å²) in [7, 11) is 0. The van der Waals surface area contributed by atoms with Crippen LogP contribution in [0.15, 0.2) is 11.7 Å². The number of halogens is 1. The van der Waals surface area contributed by atoms with Gasteiger partial charge in [-0.3, -0.25) is 4.98 Å². The Labute approximate surface area is 86.5 Å². The first-order valence-electron chi connectivity index (χ1n) is 3.84. The number of nitrogens with zero attached hydrogens (tertiary/aromatic N) is 1. The Hall–Kier alpha value is 0.270. The fraction of sp³-hybridized carbons (Fsp3) is 0.625. The summed E-state index contributed by atoms with van der Waals surface area (Å²) < 4.78 is 0. The van der Waals surface area contributed by atoms with Gasteiger partial charge in [0.05, 0.1) is 5.51 Å². The van der Waals surface area contributed by atoms with E-state index in [1.807, 2.05) is 23.5 Å². The van der Waals surface area contributed by atoms with Gasteiger partial charge < -0.3 is 0 Å². The van der Waals surface area contributed by atoms with E-state index in [4.69, 9.17) is 11.6 Å². The van der Waals surface area contributed by atoms with Crippen LogP contribution < -0.4 is 0 Å². The van der Waals surface area contributed by atoms with Crippen LogP contribution >= 0.6 is 34.7 Å². The van der Waals surface area contributed by atoms with E-state index in [0.29, 0.717) is 5.92 Å². The molecule has 1 unspecified atom stereocenters. The summed E-state index contributed by atoms with van der Waals surface area (Å²) in [5.74, 6) is 3.59. The van der Waals surface area contributed by atoms with Crippen LogP contribution in [0.4, 0.5) is 0 Å². The Balaban J connectivity index is 2.11. The molecule has 1 aromatic heterocycles. The number of thiazole rings is 1. The lowest BCUT2D eigenvalue weighted by Crippen LogP contribution is -1.99. The van der Waals surface area contributed by atoms with Crippen LogP contribution in [0.3, 0.4) is 0 Å². The summed E-state index contributed by atoms with van der Waals surface area (Å²) in [6, 6.07) is 0. The maximum atomic E-state index is 5.69. The van der Waals surface area contributed by atoms with Gasteiger partial charge in [-0.2, -0.15) is 11.8 Å². The zero-order valence-electron chi connectivity index (χ0n) is 7.00. The van der Waals surface area contributed by atoms with Crippen molar-refractivity contribution in [1.29, 1.82) is 0 Å². The van der Waals surface area contributed by atoms with Gasteiger partial charge in [-0.05, 0) is 11.7 Å². The van der Waals surface area contributed by atoms with Crippen LogP contribution in [0.5, 0.6) is 0 Å². The lowest BCUT2D eigenvalue weighted by molar-refractivity contribution is 0.759. The molecule has 4 heteroatoms. The molecule has 68 valence electrons. The smallest absolute Gasteiger partial charge is 0.0794 e. The largest absolute Gasteiger partial charge is 0.253 e. The topological polar surface area (TPSA) is 12.9 Å². The summed E-state index contributed by atoms with van der Waals surface area (Å²) >= 11 is 9.34. The molecule has 0 saturated heterocycles. The molecule has 1 rings (SSSR count). The normalized spacial score (nSPS) is 13.2. The Morgan fingerprint density at radius 3 is 3.17 bits per heavy atom. The van der Waals surface area contributed by atoms with E-state index < -0.39 is 0 Å². The van der Waals surface area contributed by atoms with Crippen LogP contribution in [0, 0.1) is 5.92 Å². The number of thioether (sulfide) groups is 1. The zero-order valence-corrected chi connectivity index (χ0v) is 9.38. The Kier molecular flexibility index (Phi) is 5.04. The molecule has 1 heterocycles. The van der Waals surface area contributed by atoms with Crippen molar-refractivity contribution in [2.24, 2.45) is 5.92 Å². The van der Waals surface area contributed by atoms with Gasteiger partial charge in [0.25, 0.3) is 0 Å². The Morgan fingerprint density at radius 1 is 1.75 bits per heavy atom. The van der Waals surface area contributed by atoms with Crippen molar-refractivity contribution in [3.8, 4) is 0 Å². The van der Waals surface area contributed by atoms with Crippen LogP contribution in [-0.4, -0.2) is 16.6 Å². The van der Waals surface area contributed by atoms with E-state index in [9.17, 15) is 0 Å². The van der Waals surface area contributed by atoms with Crippen molar-refractivity contribution >= 4 is 34.7 Å². The van der Waals surface area contributed by atoms with E-state index in [1.54, 1.807) is 11.3 Å². The summed E-state index contributed by atoms with van der Waals surface area (Å²) in [6.07, 6.45) is 1.93. The Morgan fingerprint density at radius 2 is 2.58 bits per heavy atom. The molecular formula is C8H12ClNS2. The Bertz CT molecular complexity index is 201. The number of hydrogen-bond acceptors (Lipinski definition) is 3. The highest BCUT2D eigenvalue weighted by atomic mass is 35.5. The number of rotatable bonds is 5. The zero-order chi connectivity index (χ0) is 8.81. The summed E-state index contributed by atoms with van der Waals surface area (Å²) in [6.45, 7) is 2.17. The van der Waals surface area contributed by atoms with Gasteiger partial charge in [0.2, 0.25) is 0 Å². The van der Waals surface area contributed by atoms with Crippen LogP contribution in [0.1, 0.15) is 11.8 Å². The molecular weight excluding hydrogens is 210 g/mol. The van der Waals surface area contributed by atoms with Crippen LogP contribution in [0.25, 0.3) is 0 Å². The van der Waals surface area contributed by atoms with Gasteiger partial charge in [0, 0.05) is 22.7 Å². The first-order chi connectivity index (χ1) is 5.83. The maximum Gasteiger partial charge on any atom is 0.0794 e. The van der Waals surface area contributed by atoms with E-state index >= 15 is 0 Å². The standard InChI is InChI=1S/C8H12ClNS2/c1-7(2-9)4-11-5-8-3-10-6-12-8/h3,6-7H,2,4-5H2,1H3. The molecule has 0 aliphatic rings. The third-order valence-corrected chi connectivity index (χ3v) is 4.20. The number of alkyl halides is 1. The first-order valence-corrected chi connectivity index (χ1v) is 6.41. The molecule has 0 spiro atoms. The van der Waals surface area contributed by atoms with Gasteiger partial charge in [-0.25, -0.2) is 0 Å². The summed E-state index contributed by atoms with van der Waals surface area (Å²) in [5, 5.41) is 0. The van der Waals surface area contributed by atoms with E-state index in [0.717, 1.165) is 17.4 Å². The van der Waals surface area contributed by atoms with E-state index in [1.165, 1.54) is 4.88 Å². The SMILES string of the molecule is CC(CCl)CSCc1cncs1. The van der Waals surface area contributed by atoms with Crippen LogP contribution in [0.2, 0.25) is 0 Å². The average molecular weight is 222 g/mol. The third kappa shape index (κ3) is 3.78. The van der Waals surface area contributed by atoms with Crippen molar-refractivity contribution in [2.75, 3.05) is 11.6 Å². The first kappa shape index (κ1) is 10.4. The second kappa shape index (κ2) is 5.84. The molecule has 0 aliphatic carbocycles. The molecule has 1 atom stereocenters. The highest BCUT2D eigenvalue weighted by molar-refractivity contribution is 7.98. The maximum absolute atomic E-state index is 5.69. The van der Waals surface area contributed by atoms with Gasteiger partial charge in [-0.1, -0.05) is 6.92 Å². The molecule has 0 aliphatic heterocycles. The molecule has 0 bridgehead atoms. The molecule has 0 N–H and O–H groups in total. The lowest BCUT2D eigenvalue weighted by Gasteiger charge is -2.04. The number of aromatic nitrogens is 1. The molecule has 0 aromatic carbocycles. The van der Waals surface area contributed by atoms with Crippen molar-refractivity contribution < 1.29 is 0 Å². The number of hydrogen-bond donors (Lipinski definition) is 0. The lowest BCUT2D eigenvalue weighted by atomic mass is 10.3. The molecule has 1 nitrogen and oxygen atoms in total. The molecule has 0 fully saturated rings. The summed E-state index contributed by atoms with van der Waals surface area (Å²) in [4.78, 5) is 5.37. The van der Waals surface area contributed by atoms with Gasteiger partial charge in [0.15, 0.2) is 0 Å². The van der Waals surface area contributed by atoms with Gasteiger partial charge in [-0.15, -0.1) is 22.9 Å². The quantitative estimate of drug-likeness (QED) is 0.708. The fourth-order valence-corrected chi connectivity index (χ4v) is 2.77. The van der Waals surface area contributed by atoms with E-state index in [2.05, 4.69) is 11.9 Å². The predicted octanol–water partition coefficient (Wildman–Crippen LogP) is 3.25. The minimum Gasteiger partial charge on any atom is -0.253 e. The molecule has 0 amide bonds. The van der Waals surface area contributed by atoms with Gasteiger partial charge in [0.1, 0.15) is 0 Å². The van der Waals surface area contributed by atoms with Crippen LogP contribution in [-0.2, 0) is 5.75 Å². The van der Waals surface area contributed by atoms with Crippen molar-refractivity contribution in [3.05, 3.63) is 16.6 Å². The second-order valence-electron chi connectivity index (χ2n) is 2.74. The monoisotopic (exact) mass is 221 g/mol. The van der Waals surface area contributed by atoms with Crippen molar-refractivity contribution in [1.82, 2.24) is 4.98 Å². The third-order valence-electron chi connectivity index (χ3n) is 1.39. The highest BCUT2D eigenvalue weighted by Gasteiger charge is 2.00. The predicted molar refractivity (Wildman–Crippen MR) is 58.2 cm³/mol. The average Bonchev–Trinajstić information content (AvgIpc) is 2.57. The fourth-order valence-electron chi connectivity index (χ4n) is 0.719.